The summed E-state index contributed by atoms with van der Waals surface area (Å²) in [6, 6.07) is 0. The minimum absolute atomic E-state index is 1.02. The van der Waals surface area contributed by atoms with Gasteiger partial charge in [-0.15, -0.1) is 0 Å². The molecule has 4 nitrogen and oxygen atoms in total. The van der Waals surface area contributed by atoms with Crippen LogP contribution in [-0.2, 0) is 0 Å². The molecule has 0 spiro atoms. The number of hydrazine groups is 2. The molecule has 13 heavy (non-hydrogen) atoms. The van der Waals surface area contributed by atoms with E-state index in [4.69, 9.17) is 0 Å². The van der Waals surface area contributed by atoms with E-state index in [0.29, 0.717) is 0 Å². The zero-order chi connectivity index (χ0) is 10.3. The molecule has 0 aliphatic carbocycles. The Morgan fingerprint density at radius 2 is 1.54 bits per heavy atom. The number of hydrogen-bond acceptors (Lipinski definition) is 4. The Hall–Kier alpha value is -0.160. The molecule has 0 aliphatic heterocycles. The highest BCUT2D eigenvalue weighted by molar-refractivity contribution is 4.52. The van der Waals surface area contributed by atoms with Crippen molar-refractivity contribution in [2.75, 3.05) is 47.3 Å². The zero-order valence-corrected chi connectivity index (χ0v) is 9.67. The summed E-state index contributed by atoms with van der Waals surface area (Å²) < 4.78 is 0. The van der Waals surface area contributed by atoms with Gasteiger partial charge in [-0.2, -0.15) is 5.12 Å². The van der Waals surface area contributed by atoms with Gasteiger partial charge in [-0.1, -0.05) is 13.8 Å². The van der Waals surface area contributed by atoms with E-state index in [-0.39, 0.29) is 0 Å². The van der Waals surface area contributed by atoms with Gasteiger partial charge >= 0.3 is 0 Å². The van der Waals surface area contributed by atoms with Crippen molar-refractivity contribution in [3.05, 3.63) is 0 Å². The van der Waals surface area contributed by atoms with Crippen LogP contribution < -0.4 is 5.43 Å². The van der Waals surface area contributed by atoms with E-state index in [0.717, 1.165) is 26.2 Å². The van der Waals surface area contributed by atoms with Crippen LogP contribution in [0.15, 0.2) is 0 Å². The van der Waals surface area contributed by atoms with Gasteiger partial charge < -0.3 is 4.90 Å². The maximum Gasteiger partial charge on any atom is 0.0417 e. The fraction of sp³-hybridized carbons (Fsp3) is 1.00. The van der Waals surface area contributed by atoms with Gasteiger partial charge in [-0.3, -0.25) is 0 Å². The Balaban J connectivity index is 3.85. The zero-order valence-electron chi connectivity index (χ0n) is 9.67. The van der Waals surface area contributed by atoms with Gasteiger partial charge in [0.05, 0.1) is 0 Å². The number of nitrogens with one attached hydrogen (secondary N) is 1. The summed E-state index contributed by atoms with van der Waals surface area (Å²) >= 11 is 0. The van der Waals surface area contributed by atoms with Crippen molar-refractivity contribution in [2.24, 2.45) is 0 Å². The number of hydrogen-bond donors (Lipinski definition) is 1. The fourth-order valence-electron chi connectivity index (χ4n) is 1.25. The van der Waals surface area contributed by atoms with Crippen molar-refractivity contribution < 1.29 is 0 Å². The predicted octanol–water partition coefficient (Wildman–Crippen LogP) is 0.241. The van der Waals surface area contributed by atoms with Gasteiger partial charge in [-0.25, -0.2) is 10.4 Å². The molecule has 0 atom stereocenters. The third kappa shape index (κ3) is 5.21. The molecular weight excluding hydrogens is 164 g/mol. The van der Waals surface area contributed by atoms with Crippen molar-refractivity contribution in [1.29, 1.82) is 0 Å². The van der Waals surface area contributed by atoms with Gasteiger partial charge in [-0.05, 0) is 14.1 Å². The van der Waals surface area contributed by atoms with Crippen molar-refractivity contribution in [2.45, 2.75) is 13.8 Å². The third-order valence-electron chi connectivity index (χ3n) is 2.09. The smallest absolute Gasteiger partial charge is 0.0417 e. The first kappa shape index (κ1) is 12.8. The molecule has 0 rings (SSSR count). The highest BCUT2D eigenvalue weighted by Crippen LogP contribution is 1.93. The second-order valence-corrected chi connectivity index (χ2v) is 3.29. The van der Waals surface area contributed by atoms with Crippen LogP contribution in [0.3, 0.4) is 0 Å². The van der Waals surface area contributed by atoms with E-state index >= 15 is 0 Å². The van der Waals surface area contributed by atoms with Gasteiger partial charge in [0, 0.05) is 33.2 Å². The molecule has 4 heteroatoms. The lowest BCUT2D eigenvalue weighted by molar-refractivity contribution is -0.0585. The van der Waals surface area contributed by atoms with E-state index < -0.39 is 0 Å². The molecule has 0 heterocycles. The molecular formula is C9H24N4. The lowest BCUT2D eigenvalue weighted by atomic mass is 10.5. The van der Waals surface area contributed by atoms with Crippen molar-refractivity contribution in [1.82, 2.24) is 20.5 Å². The van der Waals surface area contributed by atoms with Crippen LogP contribution in [0.2, 0.25) is 0 Å². The minimum atomic E-state index is 1.02. The van der Waals surface area contributed by atoms with Gasteiger partial charge in [0.2, 0.25) is 0 Å². The normalized spacial score (nSPS) is 12.0. The lowest BCUT2D eigenvalue weighted by Gasteiger charge is -2.33. The molecule has 0 fully saturated rings. The summed E-state index contributed by atoms with van der Waals surface area (Å²) in [6.45, 7) is 8.52. The van der Waals surface area contributed by atoms with Crippen molar-refractivity contribution >= 4 is 0 Å². The average Bonchev–Trinajstić information content (AvgIpc) is 2.11. The van der Waals surface area contributed by atoms with E-state index in [9.17, 15) is 0 Å². The Labute approximate surface area is 82.4 Å². The number of nitrogens with zero attached hydrogens (tertiary/aromatic N) is 3. The summed E-state index contributed by atoms with van der Waals surface area (Å²) in [5, 5.41) is 4.45. The SMILES string of the molecule is CCN(CC)N(CCN(C)C)NC. The van der Waals surface area contributed by atoms with Crippen LogP contribution >= 0.6 is 0 Å². The monoisotopic (exact) mass is 188 g/mol. The Bertz CT molecular complexity index is 112. The molecule has 0 saturated carbocycles. The summed E-state index contributed by atoms with van der Waals surface area (Å²) in [7, 11) is 6.15. The molecule has 1 N–H and O–H groups in total. The van der Waals surface area contributed by atoms with E-state index in [1.54, 1.807) is 0 Å². The third-order valence-corrected chi connectivity index (χ3v) is 2.09. The standard InChI is InChI=1S/C9H24N4/c1-6-12(7-2)13(10-3)9-8-11(4)5/h10H,6-9H2,1-5H3. The molecule has 0 aromatic rings. The molecule has 0 aliphatic rings. The van der Waals surface area contributed by atoms with E-state index in [2.05, 4.69) is 48.4 Å². The van der Waals surface area contributed by atoms with Crippen molar-refractivity contribution in [3.63, 3.8) is 0 Å². The van der Waals surface area contributed by atoms with Gasteiger partial charge in [0.25, 0.3) is 0 Å². The van der Waals surface area contributed by atoms with Crippen molar-refractivity contribution in [3.8, 4) is 0 Å². The molecule has 0 radical (unpaired) electrons. The summed E-state index contributed by atoms with van der Waals surface area (Å²) in [6.07, 6.45) is 0. The second kappa shape index (κ2) is 7.26. The highest BCUT2D eigenvalue weighted by Gasteiger charge is 2.09. The summed E-state index contributed by atoms with van der Waals surface area (Å²) in [5.74, 6) is 0. The van der Waals surface area contributed by atoms with Crippen LogP contribution in [0.5, 0.6) is 0 Å². The molecule has 0 unspecified atom stereocenters. The number of rotatable bonds is 7. The van der Waals surface area contributed by atoms with E-state index in [1.165, 1.54) is 0 Å². The van der Waals surface area contributed by atoms with Gasteiger partial charge in [0.1, 0.15) is 0 Å². The Morgan fingerprint density at radius 1 is 1.00 bits per heavy atom. The molecule has 0 aromatic carbocycles. The maximum atomic E-state index is 3.19. The topological polar surface area (TPSA) is 21.8 Å². The summed E-state index contributed by atoms with van der Waals surface area (Å²) in [5.41, 5.74) is 3.19. The largest absolute Gasteiger partial charge is 0.308 e. The average molecular weight is 188 g/mol. The quantitative estimate of drug-likeness (QED) is 0.578. The summed E-state index contributed by atoms with van der Waals surface area (Å²) in [4.78, 5) is 2.19. The molecule has 0 bridgehead atoms. The fourth-order valence-corrected chi connectivity index (χ4v) is 1.25. The minimum Gasteiger partial charge on any atom is -0.308 e. The van der Waals surface area contributed by atoms with E-state index in [1.807, 2.05) is 7.05 Å². The van der Waals surface area contributed by atoms with Crippen LogP contribution in [0.1, 0.15) is 13.8 Å². The first-order valence-electron chi connectivity index (χ1n) is 5.00. The molecule has 80 valence electrons. The number of likely N-dealkylation sites (N-methyl/N-ethyl adjacent to an activating group) is 1. The van der Waals surface area contributed by atoms with Gasteiger partial charge in [0.15, 0.2) is 0 Å². The Morgan fingerprint density at radius 3 is 1.85 bits per heavy atom. The first-order valence-corrected chi connectivity index (χ1v) is 5.00. The van der Waals surface area contributed by atoms with Crippen LogP contribution in [0, 0.1) is 0 Å². The molecule has 0 saturated heterocycles. The van der Waals surface area contributed by atoms with Crippen LogP contribution in [0.25, 0.3) is 0 Å². The molecule has 0 aromatic heterocycles. The Kier molecular flexibility index (Phi) is 7.17. The second-order valence-electron chi connectivity index (χ2n) is 3.29. The lowest BCUT2D eigenvalue weighted by Crippen LogP contribution is -2.51. The highest BCUT2D eigenvalue weighted by atomic mass is 15.8. The first-order chi connectivity index (χ1) is 6.15. The van der Waals surface area contributed by atoms with Crippen LogP contribution in [-0.4, -0.2) is 62.3 Å². The van der Waals surface area contributed by atoms with Crippen LogP contribution in [0.4, 0.5) is 0 Å². The predicted molar refractivity (Wildman–Crippen MR) is 57.2 cm³/mol. The maximum absolute atomic E-state index is 3.19. The molecule has 0 amide bonds.